The lowest BCUT2D eigenvalue weighted by molar-refractivity contribution is -0.117. The SMILES string of the molecule is CN(C)c1ccc(C=C(NC(=O)c2ccccc2)C(=O)NN=Cc2ccc(C(C)(C)C)cc2)cc1. The van der Waals surface area contributed by atoms with Gasteiger partial charge in [-0.05, 0) is 52.4 Å². The zero-order chi connectivity index (χ0) is 25.4. The van der Waals surface area contributed by atoms with Crippen molar-refractivity contribution in [3.05, 3.63) is 107 Å². The molecule has 2 N–H and O–H groups in total. The summed E-state index contributed by atoms with van der Waals surface area (Å²) in [5.74, 6) is -0.896. The van der Waals surface area contributed by atoms with Crippen molar-refractivity contribution < 1.29 is 9.59 Å². The summed E-state index contributed by atoms with van der Waals surface area (Å²) in [7, 11) is 3.91. The first kappa shape index (κ1) is 25.4. The molecule has 3 aromatic carbocycles. The molecule has 6 nitrogen and oxygen atoms in total. The van der Waals surface area contributed by atoms with E-state index in [2.05, 4.69) is 36.6 Å². The summed E-state index contributed by atoms with van der Waals surface area (Å²) >= 11 is 0. The van der Waals surface area contributed by atoms with Crippen molar-refractivity contribution in [2.45, 2.75) is 26.2 Å². The van der Waals surface area contributed by atoms with Crippen molar-refractivity contribution in [1.29, 1.82) is 0 Å². The molecule has 3 rings (SSSR count). The summed E-state index contributed by atoms with van der Waals surface area (Å²) in [4.78, 5) is 27.7. The lowest BCUT2D eigenvalue weighted by atomic mass is 9.87. The van der Waals surface area contributed by atoms with E-state index in [4.69, 9.17) is 0 Å². The monoisotopic (exact) mass is 468 g/mol. The molecule has 0 saturated carbocycles. The predicted octanol–water partition coefficient (Wildman–Crippen LogP) is 4.97. The van der Waals surface area contributed by atoms with E-state index in [1.54, 1.807) is 36.6 Å². The van der Waals surface area contributed by atoms with Gasteiger partial charge in [0.2, 0.25) is 0 Å². The fourth-order valence-corrected chi connectivity index (χ4v) is 3.27. The maximum atomic E-state index is 12.9. The van der Waals surface area contributed by atoms with Gasteiger partial charge in [-0.2, -0.15) is 5.10 Å². The van der Waals surface area contributed by atoms with Crippen molar-refractivity contribution in [2.24, 2.45) is 5.10 Å². The van der Waals surface area contributed by atoms with Gasteiger partial charge in [-0.15, -0.1) is 0 Å². The number of hydrazone groups is 1. The Labute approximate surface area is 207 Å². The number of carbonyl (C=O) groups is 2. The van der Waals surface area contributed by atoms with Gasteiger partial charge in [0.15, 0.2) is 0 Å². The van der Waals surface area contributed by atoms with Crippen molar-refractivity contribution >= 4 is 29.8 Å². The number of nitrogens with zero attached hydrogens (tertiary/aromatic N) is 2. The number of hydrogen-bond donors (Lipinski definition) is 2. The second kappa shape index (κ2) is 11.3. The lowest BCUT2D eigenvalue weighted by Gasteiger charge is -2.18. The first-order valence-electron chi connectivity index (χ1n) is 11.4. The Morgan fingerprint density at radius 1 is 0.829 bits per heavy atom. The third-order valence-electron chi connectivity index (χ3n) is 5.41. The molecule has 0 saturated heterocycles. The highest BCUT2D eigenvalue weighted by Gasteiger charge is 2.15. The second-order valence-corrected chi connectivity index (χ2v) is 9.44. The van der Waals surface area contributed by atoms with Crippen LogP contribution in [0.5, 0.6) is 0 Å². The average molecular weight is 469 g/mol. The van der Waals surface area contributed by atoms with E-state index in [0.717, 1.165) is 16.8 Å². The van der Waals surface area contributed by atoms with Crippen LogP contribution in [0.1, 0.15) is 47.8 Å². The molecule has 6 heteroatoms. The number of anilines is 1. The van der Waals surface area contributed by atoms with Crippen LogP contribution in [0.3, 0.4) is 0 Å². The van der Waals surface area contributed by atoms with Crippen LogP contribution in [0.4, 0.5) is 5.69 Å². The van der Waals surface area contributed by atoms with Gasteiger partial charge in [0.1, 0.15) is 5.70 Å². The van der Waals surface area contributed by atoms with Gasteiger partial charge in [-0.1, -0.05) is 75.4 Å². The fourth-order valence-electron chi connectivity index (χ4n) is 3.27. The van der Waals surface area contributed by atoms with Crippen LogP contribution < -0.4 is 15.6 Å². The number of carbonyl (C=O) groups excluding carboxylic acids is 2. The van der Waals surface area contributed by atoms with E-state index in [9.17, 15) is 9.59 Å². The van der Waals surface area contributed by atoms with Gasteiger partial charge in [0, 0.05) is 25.3 Å². The molecule has 0 aliphatic heterocycles. The van der Waals surface area contributed by atoms with E-state index in [0.29, 0.717) is 5.56 Å². The van der Waals surface area contributed by atoms with Crippen LogP contribution in [0, 0.1) is 0 Å². The summed E-state index contributed by atoms with van der Waals surface area (Å²) in [6.07, 6.45) is 3.20. The summed E-state index contributed by atoms with van der Waals surface area (Å²) in [5, 5.41) is 6.81. The largest absolute Gasteiger partial charge is 0.378 e. The van der Waals surface area contributed by atoms with Gasteiger partial charge in [-0.25, -0.2) is 5.43 Å². The Balaban J connectivity index is 1.78. The Hall–Kier alpha value is -4.19. The topological polar surface area (TPSA) is 73.8 Å². The number of amides is 2. The highest BCUT2D eigenvalue weighted by Crippen LogP contribution is 2.21. The highest BCUT2D eigenvalue weighted by molar-refractivity contribution is 6.05. The molecule has 0 radical (unpaired) electrons. The molecule has 0 atom stereocenters. The molecule has 3 aromatic rings. The molecule has 2 amide bonds. The summed E-state index contributed by atoms with van der Waals surface area (Å²) < 4.78 is 0. The zero-order valence-electron chi connectivity index (χ0n) is 20.9. The molecular weight excluding hydrogens is 436 g/mol. The quantitative estimate of drug-likeness (QED) is 0.292. The van der Waals surface area contributed by atoms with Gasteiger partial charge < -0.3 is 10.2 Å². The Morgan fingerprint density at radius 3 is 2.00 bits per heavy atom. The van der Waals surface area contributed by atoms with Gasteiger partial charge >= 0.3 is 0 Å². The number of nitrogens with one attached hydrogen (secondary N) is 2. The van der Waals surface area contributed by atoms with E-state index in [1.165, 1.54) is 5.56 Å². The maximum Gasteiger partial charge on any atom is 0.287 e. The molecular formula is C29H32N4O2. The van der Waals surface area contributed by atoms with Crippen LogP contribution in [-0.4, -0.2) is 32.1 Å². The van der Waals surface area contributed by atoms with Crippen molar-refractivity contribution in [3.8, 4) is 0 Å². The minimum absolute atomic E-state index is 0.0608. The normalized spacial score (nSPS) is 11.9. The predicted molar refractivity (Wildman–Crippen MR) is 144 cm³/mol. The van der Waals surface area contributed by atoms with Crippen molar-refractivity contribution in [1.82, 2.24) is 10.7 Å². The van der Waals surface area contributed by atoms with Gasteiger partial charge in [0.05, 0.1) is 6.21 Å². The molecule has 0 aliphatic rings. The minimum atomic E-state index is -0.520. The standard InChI is InChI=1S/C29H32N4O2/c1-29(2,3)24-15-11-22(12-16-24)20-30-32-28(35)26(31-27(34)23-9-7-6-8-10-23)19-21-13-17-25(18-14-21)33(4)5/h6-20H,1-5H3,(H,31,34)(H,32,35). The molecule has 180 valence electrons. The number of benzene rings is 3. The molecule has 0 aliphatic carbocycles. The molecule has 0 fully saturated rings. The average Bonchev–Trinajstić information content (AvgIpc) is 2.84. The van der Waals surface area contributed by atoms with Crippen LogP contribution in [0.25, 0.3) is 6.08 Å². The maximum absolute atomic E-state index is 12.9. The van der Waals surface area contributed by atoms with Crippen LogP contribution >= 0.6 is 0 Å². The Morgan fingerprint density at radius 2 is 1.43 bits per heavy atom. The number of hydrogen-bond acceptors (Lipinski definition) is 4. The van der Waals surface area contributed by atoms with Crippen LogP contribution in [0.15, 0.2) is 89.7 Å². The van der Waals surface area contributed by atoms with Crippen LogP contribution in [-0.2, 0) is 10.2 Å². The van der Waals surface area contributed by atoms with Gasteiger partial charge in [0.25, 0.3) is 11.8 Å². The first-order valence-corrected chi connectivity index (χ1v) is 11.4. The number of rotatable bonds is 7. The molecule has 0 bridgehead atoms. The second-order valence-electron chi connectivity index (χ2n) is 9.44. The summed E-state index contributed by atoms with van der Waals surface area (Å²) in [5.41, 5.74) is 7.01. The lowest BCUT2D eigenvalue weighted by Crippen LogP contribution is -2.32. The van der Waals surface area contributed by atoms with E-state index in [1.807, 2.05) is 73.6 Å². The van der Waals surface area contributed by atoms with Gasteiger partial charge in [-0.3, -0.25) is 9.59 Å². The minimum Gasteiger partial charge on any atom is -0.378 e. The van der Waals surface area contributed by atoms with E-state index in [-0.39, 0.29) is 17.0 Å². The van der Waals surface area contributed by atoms with Crippen molar-refractivity contribution in [2.75, 3.05) is 19.0 Å². The Kier molecular flexibility index (Phi) is 8.21. The highest BCUT2D eigenvalue weighted by atomic mass is 16.2. The van der Waals surface area contributed by atoms with E-state index < -0.39 is 5.91 Å². The van der Waals surface area contributed by atoms with Crippen molar-refractivity contribution in [3.63, 3.8) is 0 Å². The molecule has 0 spiro atoms. The summed E-state index contributed by atoms with van der Waals surface area (Å²) in [6, 6.07) is 24.4. The summed E-state index contributed by atoms with van der Waals surface area (Å²) in [6.45, 7) is 6.46. The Bertz CT molecular complexity index is 1200. The molecule has 0 unspecified atom stereocenters. The molecule has 0 heterocycles. The first-order chi connectivity index (χ1) is 16.6. The van der Waals surface area contributed by atoms with Crippen LogP contribution in [0.2, 0.25) is 0 Å². The molecule has 35 heavy (non-hydrogen) atoms. The fraction of sp³-hybridized carbons (Fsp3) is 0.207. The third kappa shape index (κ3) is 7.40. The third-order valence-corrected chi connectivity index (χ3v) is 5.41. The molecule has 0 aromatic heterocycles. The zero-order valence-corrected chi connectivity index (χ0v) is 20.9. The van der Waals surface area contributed by atoms with E-state index >= 15 is 0 Å². The smallest absolute Gasteiger partial charge is 0.287 e.